The topological polar surface area (TPSA) is 57.0 Å². The summed E-state index contributed by atoms with van der Waals surface area (Å²) in [6.45, 7) is 0. The van der Waals surface area contributed by atoms with Crippen LogP contribution in [0, 0.1) is 11.3 Å². The number of amides is 1. The average molecular weight is 272 g/mol. The van der Waals surface area contributed by atoms with Crippen LogP contribution in [0.5, 0.6) is 0 Å². The van der Waals surface area contributed by atoms with Crippen LogP contribution in [0.1, 0.15) is 16.1 Å². The van der Waals surface area contributed by atoms with Crippen molar-refractivity contribution in [1.29, 1.82) is 5.26 Å². The standard InChI is InChI=1S/C14H10ClN3O/c1-18(13-5-3-2-4-10(13)8-16)14(19)12-7-6-11(15)9-17-12/h2-7,9H,1H3. The second-order valence-electron chi connectivity index (χ2n) is 3.85. The number of benzene rings is 1. The maximum atomic E-state index is 12.2. The predicted molar refractivity (Wildman–Crippen MR) is 73.1 cm³/mol. The summed E-state index contributed by atoms with van der Waals surface area (Å²) in [5.41, 5.74) is 1.26. The lowest BCUT2D eigenvalue weighted by Gasteiger charge is -2.17. The summed E-state index contributed by atoms with van der Waals surface area (Å²) in [4.78, 5) is 17.6. The van der Waals surface area contributed by atoms with E-state index in [1.54, 1.807) is 43.4 Å². The number of carbonyl (C=O) groups is 1. The molecule has 0 aliphatic rings. The lowest BCUT2D eigenvalue weighted by atomic mass is 10.1. The molecule has 0 unspecified atom stereocenters. The Morgan fingerprint density at radius 2 is 2.05 bits per heavy atom. The first-order chi connectivity index (χ1) is 9.13. The van der Waals surface area contributed by atoms with Gasteiger partial charge in [0.15, 0.2) is 0 Å². The SMILES string of the molecule is CN(C(=O)c1ccc(Cl)cn1)c1ccccc1C#N. The van der Waals surface area contributed by atoms with Gasteiger partial charge in [-0.3, -0.25) is 4.79 Å². The molecule has 0 bridgehead atoms. The number of rotatable bonds is 2. The van der Waals surface area contributed by atoms with Gasteiger partial charge in [0.2, 0.25) is 0 Å². The van der Waals surface area contributed by atoms with Crippen molar-refractivity contribution < 1.29 is 4.79 Å². The molecular formula is C14H10ClN3O. The average Bonchev–Trinajstić information content (AvgIpc) is 2.46. The quantitative estimate of drug-likeness (QED) is 0.844. The van der Waals surface area contributed by atoms with Crippen LogP contribution in [0.25, 0.3) is 0 Å². The van der Waals surface area contributed by atoms with E-state index in [4.69, 9.17) is 16.9 Å². The number of carbonyl (C=O) groups excluding carboxylic acids is 1. The van der Waals surface area contributed by atoms with Gasteiger partial charge in [-0.05, 0) is 24.3 Å². The van der Waals surface area contributed by atoms with E-state index < -0.39 is 0 Å². The van der Waals surface area contributed by atoms with Gasteiger partial charge in [0.05, 0.1) is 16.3 Å². The Morgan fingerprint density at radius 3 is 2.68 bits per heavy atom. The zero-order valence-corrected chi connectivity index (χ0v) is 10.9. The summed E-state index contributed by atoms with van der Waals surface area (Å²) in [6.07, 6.45) is 1.42. The van der Waals surface area contributed by atoms with Crippen LogP contribution in [0.4, 0.5) is 5.69 Å². The van der Waals surface area contributed by atoms with E-state index in [-0.39, 0.29) is 11.6 Å². The van der Waals surface area contributed by atoms with E-state index in [1.165, 1.54) is 11.1 Å². The third-order valence-corrected chi connectivity index (χ3v) is 2.86. The molecule has 4 nitrogen and oxygen atoms in total. The fraction of sp³-hybridized carbons (Fsp3) is 0.0714. The minimum absolute atomic E-state index is 0.277. The van der Waals surface area contributed by atoms with Crippen LogP contribution in [0.3, 0.4) is 0 Å². The largest absolute Gasteiger partial charge is 0.309 e. The monoisotopic (exact) mass is 271 g/mol. The molecule has 0 fully saturated rings. The zero-order valence-electron chi connectivity index (χ0n) is 10.2. The van der Waals surface area contributed by atoms with Crippen molar-refractivity contribution in [2.45, 2.75) is 0 Å². The maximum Gasteiger partial charge on any atom is 0.276 e. The molecule has 5 heteroatoms. The Balaban J connectivity index is 2.34. The highest BCUT2D eigenvalue weighted by Crippen LogP contribution is 2.20. The fourth-order valence-electron chi connectivity index (χ4n) is 1.64. The molecule has 1 amide bonds. The minimum Gasteiger partial charge on any atom is -0.309 e. The molecule has 0 saturated heterocycles. The summed E-state index contributed by atoms with van der Waals surface area (Å²) in [6, 6.07) is 12.1. The molecule has 0 N–H and O–H groups in total. The summed E-state index contributed by atoms with van der Waals surface area (Å²) < 4.78 is 0. The Hall–Kier alpha value is -2.38. The molecule has 0 aliphatic heterocycles. The van der Waals surface area contributed by atoms with Crippen molar-refractivity contribution in [2.24, 2.45) is 0 Å². The van der Waals surface area contributed by atoms with Crippen LogP contribution in [-0.4, -0.2) is 17.9 Å². The second-order valence-corrected chi connectivity index (χ2v) is 4.29. The van der Waals surface area contributed by atoms with Gasteiger partial charge in [0.1, 0.15) is 11.8 Å². The van der Waals surface area contributed by atoms with Gasteiger partial charge >= 0.3 is 0 Å². The third-order valence-electron chi connectivity index (χ3n) is 2.64. The van der Waals surface area contributed by atoms with Gasteiger partial charge in [-0.2, -0.15) is 5.26 Å². The molecule has 94 valence electrons. The van der Waals surface area contributed by atoms with Crippen molar-refractivity contribution in [3.63, 3.8) is 0 Å². The van der Waals surface area contributed by atoms with E-state index >= 15 is 0 Å². The molecule has 0 saturated carbocycles. The number of hydrogen-bond donors (Lipinski definition) is 0. The number of hydrogen-bond acceptors (Lipinski definition) is 3. The van der Waals surface area contributed by atoms with Crippen LogP contribution in [-0.2, 0) is 0 Å². The second kappa shape index (κ2) is 5.51. The van der Waals surface area contributed by atoms with Crippen molar-refractivity contribution in [3.8, 4) is 6.07 Å². The van der Waals surface area contributed by atoms with Crippen LogP contribution in [0.15, 0.2) is 42.6 Å². The number of anilines is 1. The molecule has 0 radical (unpaired) electrons. The van der Waals surface area contributed by atoms with Crippen LogP contribution >= 0.6 is 11.6 Å². The van der Waals surface area contributed by atoms with E-state index in [1.807, 2.05) is 0 Å². The highest BCUT2D eigenvalue weighted by Gasteiger charge is 2.17. The Morgan fingerprint density at radius 1 is 1.32 bits per heavy atom. The van der Waals surface area contributed by atoms with Gasteiger partial charge in [0, 0.05) is 13.2 Å². The van der Waals surface area contributed by atoms with Gasteiger partial charge in [-0.1, -0.05) is 23.7 Å². The lowest BCUT2D eigenvalue weighted by Crippen LogP contribution is -2.27. The first-order valence-electron chi connectivity index (χ1n) is 5.52. The molecule has 1 heterocycles. The minimum atomic E-state index is -0.292. The first-order valence-corrected chi connectivity index (χ1v) is 5.90. The zero-order chi connectivity index (χ0) is 13.8. The number of para-hydroxylation sites is 1. The summed E-state index contributed by atoms with van der Waals surface area (Å²) in [5, 5.41) is 9.50. The highest BCUT2D eigenvalue weighted by atomic mass is 35.5. The molecule has 19 heavy (non-hydrogen) atoms. The van der Waals surface area contributed by atoms with E-state index in [9.17, 15) is 4.79 Å². The lowest BCUT2D eigenvalue weighted by molar-refractivity contribution is 0.0988. The number of halogens is 1. The van der Waals surface area contributed by atoms with E-state index in [2.05, 4.69) is 11.1 Å². The molecular weight excluding hydrogens is 262 g/mol. The Kier molecular flexibility index (Phi) is 3.79. The normalized spacial score (nSPS) is 9.74. The number of aromatic nitrogens is 1. The molecule has 0 aliphatic carbocycles. The van der Waals surface area contributed by atoms with Gasteiger partial charge < -0.3 is 4.90 Å². The summed E-state index contributed by atoms with van der Waals surface area (Å²) in [7, 11) is 1.61. The number of pyridine rings is 1. The number of nitrogens with zero attached hydrogens (tertiary/aromatic N) is 3. The van der Waals surface area contributed by atoms with Crippen molar-refractivity contribution in [3.05, 3.63) is 58.9 Å². The van der Waals surface area contributed by atoms with Crippen LogP contribution < -0.4 is 4.90 Å². The molecule has 0 spiro atoms. The Labute approximate surface area is 115 Å². The van der Waals surface area contributed by atoms with Gasteiger partial charge in [-0.25, -0.2) is 4.98 Å². The Bertz CT molecular complexity index is 646. The first kappa shape index (κ1) is 13.1. The van der Waals surface area contributed by atoms with Crippen molar-refractivity contribution >= 4 is 23.2 Å². The summed E-state index contributed by atoms with van der Waals surface area (Å²) in [5.74, 6) is -0.292. The van der Waals surface area contributed by atoms with Gasteiger partial charge in [0.25, 0.3) is 5.91 Å². The van der Waals surface area contributed by atoms with Crippen molar-refractivity contribution in [2.75, 3.05) is 11.9 Å². The maximum absolute atomic E-state index is 12.2. The molecule has 2 rings (SSSR count). The van der Waals surface area contributed by atoms with Crippen molar-refractivity contribution in [1.82, 2.24) is 4.98 Å². The fourth-order valence-corrected chi connectivity index (χ4v) is 1.76. The molecule has 1 aromatic carbocycles. The highest BCUT2D eigenvalue weighted by molar-refractivity contribution is 6.30. The molecule has 2 aromatic rings. The van der Waals surface area contributed by atoms with Crippen LogP contribution in [0.2, 0.25) is 5.02 Å². The third kappa shape index (κ3) is 2.72. The summed E-state index contributed by atoms with van der Waals surface area (Å²) >= 11 is 5.73. The smallest absolute Gasteiger partial charge is 0.276 e. The molecule has 1 aromatic heterocycles. The van der Waals surface area contributed by atoms with E-state index in [0.717, 1.165) is 0 Å². The van der Waals surface area contributed by atoms with Gasteiger partial charge in [-0.15, -0.1) is 0 Å². The number of nitriles is 1. The van der Waals surface area contributed by atoms with E-state index in [0.29, 0.717) is 16.3 Å². The predicted octanol–water partition coefficient (Wildman–Crippen LogP) is 2.88. The molecule has 0 atom stereocenters.